The standard InChI is InChI=1S/C14H20ClFN2O/c1-10(2)18-6-7-19-11(9-18)8-17-14-12(15)4-3-5-13(14)16/h3-5,10-11,17H,6-9H2,1-2H3. The van der Waals surface area contributed by atoms with E-state index >= 15 is 0 Å². The predicted octanol–water partition coefficient (Wildman–Crippen LogP) is 3.00. The van der Waals surface area contributed by atoms with Crippen molar-refractivity contribution in [2.45, 2.75) is 26.0 Å². The van der Waals surface area contributed by atoms with Gasteiger partial charge in [0.25, 0.3) is 0 Å². The molecule has 0 spiro atoms. The third kappa shape index (κ3) is 3.81. The molecular formula is C14H20ClFN2O. The monoisotopic (exact) mass is 286 g/mol. The molecule has 0 aromatic heterocycles. The Morgan fingerprint density at radius 2 is 2.32 bits per heavy atom. The number of halogens is 2. The summed E-state index contributed by atoms with van der Waals surface area (Å²) < 4.78 is 19.3. The maximum atomic E-state index is 13.6. The molecule has 0 amide bonds. The summed E-state index contributed by atoms with van der Waals surface area (Å²) in [4.78, 5) is 2.36. The Morgan fingerprint density at radius 3 is 3.00 bits per heavy atom. The number of para-hydroxylation sites is 1. The molecule has 1 unspecified atom stereocenters. The summed E-state index contributed by atoms with van der Waals surface area (Å²) in [7, 11) is 0. The molecular weight excluding hydrogens is 267 g/mol. The van der Waals surface area contributed by atoms with Gasteiger partial charge in [-0.1, -0.05) is 17.7 Å². The van der Waals surface area contributed by atoms with Crippen LogP contribution in [0.2, 0.25) is 5.02 Å². The largest absolute Gasteiger partial charge is 0.379 e. The highest BCUT2D eigenvalue weighted by atomic mass is 35.5. The molecule has 0 saturated carbocycles. The number of hydrogen-bond donors (Lipinski definition) is 1. The van der Waals surface area contributed by atoms with Crippen LogP contribution in [-0.2, 0) is 4.74 Å². The second-order valence-electron chi connectivity index (χ2n) is 5.06. The van der Waals surface area contributed by atoms with Crippen LogP contribution in [-0.4, -0.2) is 43.3 Å². The van der Waals surface area contributed by atoms with E-state index in [4.69, 9.17) is 16.3 Å². The Bertz CT molecular complexity index is 408. The molecule has 1 aromatic rings. The molecule has 5 heteroatoms. The molecule has 0 bridgehead atoms. The normalized spacial score (nSPS) is 20.8. The fourth-order valence-corrected chi connectivity index (χ4v) is 2.45. The molecule has 1 heterocycles. The van der Waals surface area contributed by atoms with Crippen LogP contribution in [0.5, 0.6) is 0 Å². The highest BCUT2D eigenvalue weighted by Crippen LogP contribution is 2.24. The average molecular weight is 287 g/mol. The van der Waals surface area contributed by atoms with Crippen molar-refractivity contribution >= 4 is 17.3 Å². The molecule has 2 rings (SSSR count). The van der Waals surface area contributed by atoms with Crippen molar-refractivity contribution in [1.29, 1.82) is 0 Å². The molecule has 1 N–H and O–H groups in total. The van der Waals surface area contributed by atoms with Crippen LogP contribution in [0, 0.1) is 5.82 Å². The summed E-state index contributed by atoms with van der Waals surface area (Å²) >= 11 is 5.97. The first-order valence-electron chi connectivity index (χ1n) is 6.61. The first-order valence-corrected chi connectivity index (χ1v) is 6.99. The minimum absolute atomic E-state index is 0.0619. The number of nitrogens with one attached hydrogen (secondary N) is 1. The third-order valence-corrected chi connectivity index (χ3v) is 3.68. The predicted molar refractivity (Wildman–Crippen MR) is 76.3 cm³/mol. The number of nitrogens with zero attached hydrogens (tertiary/aromatic N) is 1. The molecule has 0 aliphatic carbocycles. The van der Waals surface area contributed by atoms with Crippen molar-refractivity contribution in [2.24, 2.45) is 0 Å². The smallest absolute Gasteiger partial charge is 0.147 e. The van der Waals surface area contributed by atoms with E-state index in [1.54, 1.807) is 12.1 Å². The number of rotatable bonds is 4. The van der Waals surface area contributed by atoms with Crippen LogP contribution in [0.4, 0.5) is 10.1 Å². The number of benzene rings is 1. The van der Waals surface area contributed by atoms with Crippen molar-refractivity contribution in [3.63, 3.8) is 0 Å². The molecule has 1 aliphatic heterocycles. The summed E-state index contributed by atoms with van der Waals surface area (Å²) in [6.45, 7) is 7.43. The van der Waals surface area contributed by atoms with Gasteiger partial charge < -0.3 is 10.1 Å². The molecule has 1 saturated heterocycles. The zero-order valence-corrected chi connectivity index (χ0v) is 12.1. The number of hydrogen-bond acceptors (Lipinski definition) is 3. The van der Waals surface area contributed by atoms with Gasteiger partial charge in [-0.15, -0.1) is 0 Å². The zero-order valence-electron chi connectivity index (χ0n) is 11.3. The summed E-state index contributed by atoms with van der Waals surface area (Å²) in [5, 5.41) is 3.45. The van der Waals surface area contributed by atoms with Crippen LogP contribution in [0.3, 0.4) is 0 Å². The van der Waals surface area contributed by atoms with Crippen molar-refractivity contribution in [2.75, 3.05) is 31.6 Å². The number of ether oxygens (including phenoxy) is 1. The first-order chi connectivity index (χ1) is 9.08. The number of morpholine rings is 1. The van der Waals surface area contributed by atoms with Crippen molar-refractivity contribution < 1.29 is 9.13 Å². The van der Waals surface area contributed by atoms with Gasteiger partial charge in [0.2, 0.25) is 0 Å². The van der Waals surface area contributed by atoms with Gasteiger partial charge in [0.15, 0.2) is 0 Å². The van der Waals surface area contributed by atoms with E-state index in [9.17, 15) is 4.39 Å². The zero-order chi connectivity index (χ0) is 13.8. The van der Waals surface area contributed by atoms with Gasteiger partial charge in [0.05, 0.1) is 23.4 Å². The van der Waals surface area contributed by atoms with E-state index in [0.717, 1.165) is 19.7 Å². The maximum absolute atomic E-state index is 13.6. The Hall–Kier alpha value is -0.840. The Morgan fingerprint density at radius 1 is 1.53 bits per heavy atom. The van der Waals surface area contributed by atoms with E-state index < -0.39 is 0 Å². The highest BCUT2D eigenvalue weighted by Gasteiger charge is 2.22. The van der Waals surface area contributed by atoms with Gasteiger partial charge in [-0.3, -0.25) is 4.90 Å². The molecule has 19 heavy (non-hydrogen) atoms. The Balaban J connectivity index is 1.92. The van der Waals surface area contributed by atoms with Crippen molar-refractivity contribution in [1.82, 2.24) is 4.90 Å². The molecule has 1 atom stereocenters. The van der Waals surface area contributed by atoms with Crippen molar-refractivity contribution in [3.8, 4) is 0 Å². The van der Waals surface area contributed by atoms with Gasteiger partial charge in [0, 0.05) is 25.7 Å². The van der Waals surface area contributed by atoms with E-state index in [1.165, 1.54) is 6.07 Å². The fraction of sp³-hybridized carbons (Fsp3) is 0.571. The lowest BCUT2D eigenvalue weighted by atomic mass is 10.2. The number of anilines is 1. The fourth-order valence-electron chi connectivity index (χ4n) is 2.22. The second-order valence-corrected chi connectivity index (χ2v) is 5.47. The molecule has 1 aromatic carbocycles. The van der Waals surface area contributed by atoms with Crippen LogP contribution < -0.4 is 5.32 Å². The lowest BCUT2D eigenvalue weighted by molar-refractivity contribution is -0.0315. The molecule has 106 valence electrons. The lowest BCUT2D eigenvalue weighted by Crippen LogP contribution is -2.48. The Labute approximate surface area is 118 Å². The van der Waals surface area contributed by atoms with Gasteiger partial charge >= 0.3 is 0 Å². The first kappa shape index (κ1) is 14.6. The van der Waals surface area contributed by atoms with Gasteiger partial charge in [-0.05, 0) is 26.0 Å². The summed E-state index contributed by atoms with van der Waals surface area (Å²) in [5.74, 6) is -0.330. The minimum atomic E-state index is -0.330. The topological polar surface area (TPSA) is 24.5 Å². The average Bonchev–Trinajstić information content (AvgIpc) is 2.38. The van der Waals surface area contributed by atoms with Gasteiger partial charge in [-0.25, -0.2) is 4.39 Å². The summed E-state index contributed by atoms with van der Waals surface area (Å²) in [6, 6.07) is 5.18. The van der Waals surface area contributed by atoms with E-state index in [2.05, 4.69) is 24.1 Å². The molecule has 3 nitrogen and oxygen atoms in total. The van der Waals surface area contributed by atoms with Gasteiger partial charge in [0.1, 0.15) is 5.82 Å². The molecule has 1 fully saturated rings. The van der Waals surface area contributed by atoms with E-state index in [0.29, 0.717) is 23.3 Å². The SMILES string of the molecule is CC(C)N1CCOC(CNc2c(F)cccc2Cl)C1. The van der Waals surface area contributed by atoms with Crippen LogP contribution in [0.1, 0.15) is 13.8 Å². The van der Waals surface area contributed by atoms with Crippen molar-refractivity contribution in [3.05, 3.63) is 29.0 Å². The maximum Gasteiger partial charge on any atom is 0.147 e. The molecule has 1 aliphatic rings. The Kier molecular flexibility index (Phi) is 5.02. The van der Waals surface area contributed by atoms with Crippen LogP contribution in [0.15, 0.2) is 18.2 Å². The van der Waals surface area contributed by atoms with E-state index in [1.807, 2.05) is 0 Å². The quantitative estimate of drug-likeness (QED) is 0.921. The van der Waals surface area contributed by atoms with Gasteiger partial charge in [-0.2, -0.15) is 0 Å². The molecule has 0 radical (unpaired) electrons. The van der Waals surface area contributed by atoms with Crippen LogP contribution >= 0.6 is 11.6 Å². The minimum Gasteiger partial charge on any atom is -0.379 e. The summed E-state index contributed by atoms with van der Waals surface area (Å²) in [6.07, 6.45) is 0.0619. The van der Waals surface area contributed by atoms with E-state index in [-0.39, 0.29) is 11.9 Å². The third-order valence-electron chi connectivity index (χ3n) is 3.37. The second kappa shape index (κ2) is 6.55. The highest BCUT2D eigenvalue weighted by molar-refractivity contribution is 6.33. The summed E-state index contributed by atoms with van der Waals surface area (Å²) in [5.41, 5.74) is 0.356. The lowest BCUT2D eigenvalue weighted by Gasteiger charge is -2.35. The van der Waals surface area contributed by atoms with Crippen LogP contribution in [0.25, 0.3) is 0 Å².